The van der Waals surface area contributed by atoms with Crippen LogP contribution >= 0.6 is 0 Å². The van der Waals surface area contributed by atoms with Crippen LogP contribution in [0.4, 0.5) is 29.3 Å². The second kappa shape index (κ2) is 9.90. The van der Waals surface area contributed by atoms with Gasteiger partial charge in [-0.1, -0.05) is 0 Å². The average molecular weight is 526 g/mol. The molecule has 2 aromatic carbocycles. The molecular weight excluding hydrogens is 502 g/mol. The summed E-state index contributed by atoms with van der Waals surface area (Å²) in [6.45, 7) is 0.694. The van der Waals surface area contributed by atoms with Crippen LogP contribution in [0, 0.1) is 5.82 Å². The molecule has 1 fully saturated rings. The number of alkyl halides is 3. The molecular formula is C23H23F4N5O3S. The second-order valence-electron chi connectivity index (χ2n) is 8.23. The maximum Gasteiger partial charge on any atom is 0.416 e. The van der Waals surface area contributed by atoms with E-state index in [0.29, 0.717) is 17.5 Å². The van der Waals surface area contributed by atoms with Crippen LogP contribution in [0.2, 0.25) is 0 Å². The number of halogens is 4. The van der Waals surface area contributed by atoms with Gasteiger partial charge >= 0.3 is 6.18 Å². The van der Waals surface area contributed by atoms with E-state index in [-0.39, 0.29) is 37.0 Å². The quantitative estimate of drug-likeness (QED) is 0.450. The number of hydrogen-bond acceptors (Lipinski definition) is 7. The van der Waals surface area contributed by atoms with Gasteiger partial charge in [-0.15, -0.1) is 0 Å². The molecule has 3 aromatic rings. The molecule has 4 rings (SSSR count). The summed E-state index contributed by atoms with van der Waals surface area (Å²) in [7, 11) is -0.381. The number of sulfonamides is 1. The third-order valence-electron chi connectivity index (χ3n) is 5.51. The second-order valence-corrected chi connectivity index (χ2v) is 10.2. The van der Waals surface area contributed by atoms with E-state index >= 15 is 0 Å². The molecule has 0 spiro atoms. The van der Waals surface area contributed by atoms with Crippen molar-refractivity contribution in [1.82, 2.24) is 14.3 Å². The Hall–Kier alpha value is -3.45. The van der Waals surface area contributed by atoms with Crippen molar-refractivity contribution < 1.29 is 30.7 Å². The van der Waals surface area contributed by atoms with Crippen molar-refractivity contribution in [2.75, 3.05) is 50.1 Å². The Labute approximate surface area is 205 Å². The summed E-state index contributed by atoms with van der Waals surface area (Å²) < 4.78 is 84.6. The van der Waals surface area contributed by atoms with E-state index in [1.54, 1.807) is 30.0 Å². The maximum absolute atomic E-state index is 13.2. The monoisotopic (exact) mass is 525 g/mol. The van der Waals surface area contributed by atoms with Gasteiger partial charge in [0.25, 0.3) is 0 Å². The summed E-state index contributed by atoms with van der Waals surface area (Å²) >= 11 is 0. The van der Waals surface area contributed by atoms with Gasteiger partial charge in [-0.05, 0) is 48.5 Å². The van der Waals surface area contributed by atoms with Crippen LogP contribution in [0.15, 0.2) is 59.5 Å². The molecule has 0 saturated carbocycles. The summed E-state index contributed by atoms with van der Waals surface area (Å²) in [5.74, 6) is 1.10. The fourth-order valence-electron chi connectivity index (χ4n) is 3.54. The number of ether oxygens (including phenoxy) is 1. The van der Waals surface area contributed by atoms with Gasteiger partial charge in [0.1, 0.15) is 17.4 Å². The van der Waals surface area contributed by atoms with Crippen LogP contribution in [-0.4, -0.2) is 63.0 Å². The molecule has 8 nitrogen and oxygen atoms in total. The highest BCUT2D eigenvalue weighted by Gasteiger charge is 2.33. The highest BCUT2D eigenvalue weighted by atomic mass is 32.2. The summed E-state index contributed by atoms with van der Waals surface area (Å²) in [6, 6.07) is 10.5. The standard InChI is InChI=1S/C23H23F4N5O3S/c1-30(2)20-15-21(35-18-7-5-17(24)6-8-18)29-22(28-20)31-11-13-32(14-12-31)36(33,34)19-9-3-16(4-10-19)23(25,26)27/h3-10,15H,11-14H2,1-2H3. The molecule has 1 aliphatic rings. The Balaban J connectivity index is 1.49. The van der Waals surface area contributed by atoms with Crippen LogP contribution < -0.4 is 14.5 Å². The largest absolute Gasteiger partial charge is 0.439 e. The summed E-state index contributed by atoms with van der Waals surface area (Å²) in [4.78, 5) is 12.3. The number of hydrogen-bond donors (Lipinski definition) is 0. The zero-order valence-corrected chi connectivity index (χ0v) is 20.2. The lowest BCUT2D eigenvalue weighted by Crippen LogP contribution is -2.49. The Bertz CT molecular complexity index is 1310. The van der Waals surface area contributed by atoms with Crippen molar-refractivity contribution in [2.24, 2.45) is 0 Å². The predicted octanol–water partition coefficient (Wildman–Crippen LogP) is 4.00. The number of benzene rings is 2. The summed E-state index contributed by atoms with van der Waals surface area (Å²) in [5, 5.41) is 0. The molecule has 2 heterocycles. The number of piperazine rings is 1. The molecule has 36 heavy (non-hydrogen) atoms. The molecule has 1 aliphatic heterocycles. The molecule has 192 valence electrons. The van der Waals surface area contributed by atoms with E-state index in [0.717, 1.165) is 24.3 Å². The Kier molecular flexibility index (Phi) is 7.05. The lowest BCUT2D eigenvalue weighted by molar-refractivity contribution is -0.137. The van der Waals surface area contributed by atoms with E-state index in [9.17, 15) is 26.0 Å². The molecule has 1 saturated heterocycles. The van der Waals surface area contributed by atoms with E-state index in [4.69, 9.17) is 4.74 Å². The minimum atomic E-state index is -4.55. The number of aromatic nitrogens is 2. The SMILES string of the molecule is CN(C)c1cc(Oc2ccc(F)cc2)nc(N2CCN(S(=O)(=O)c3ccc(C(F)(F)F)cc3)CC2)n1. The Morgan fingerprint density at radius 2 is 1.53 bits per heavy atom. The van der Waals surface area contributed by atoms with Crippen LogP contribution in [0.1, 0.15) is 5.56 Å². The molecule has 0 aliphatic carbocycles. The minimum absolute atomic E-state index is 0.0903. The maximum atomic E-state index is 13.2. The highest BCUT2D eigenvalue weighted by Crippen LogP contribution is 2.31. The summed E-state index contributed by atoms with van der Waals surface area (Å²) in [5.41, 5.74) is -0.914. The Morgan fingerprint density at radius 1 is 0.917 bits per heavy atom. The molecule has 0 amide bonds. The van der Waals surface area contributed by atoms with Gasteiger partial charge in [0.15, 0.2) is 0 Å². The van der Waals surface area contributed by atoms with Crippen molar-refractivity contribution in [1.29, 1.82) is 0 Å². The van der Waals surface area contributed by atoms with E-state index < -0.39 is 27.6 Å². The molecule has 0 atom stereocenters. The van der Waals surface area contributed by atoms with Crippen molar-refractivity contribution in [3.8, 4) is 11.6 Å². The first-order valence-corrected chi connectivity index (χ1v) is 12.3. The number of rotatable bonds is 6. The van der Waals surface area contributed by atoms with Crippen LogP contribution in [0.5, 0.6) is 11.6 Å². The van der Waals surface area contributed by atoms with Gasteiger partial charge in [-0.2, -0.15) is 27.4 Å². The third kappa shape index (κ3) is 5.68. The van der Waals surface area contributed by atoms with Gasteiger partial charge in [0.2, 0.25) is 21.9 Å². The lowest BCUT2D eigenvalue weighted by atomic mass is 10.2. The van der Waals surface area contributed by atoms with Gasteiger partial charge in [0.05, 0.1) is 10.5 Å². The van der Waals surface area contributed by atoms with Crippen LogP contribution in [-0.2, 0) is 16.2 Å². The van der Waals surface area contributed by atoms with E-state index in [2.05, 4.69) is 9.97 Å². The normalized spacial score (nSPS) is 15.1. The van der Waals surface area contributed by atoms with Gasteiger partial charge < -0.3 is 14.5 Å². The smallest absolute Gasteiger partial charge is 0.416 e. The van der Waals surface area contributed by atoms with Gasteiger partial charge in [-0.25, -0.2) is 12.8 Å². The fourth-order valence-corrected chi connectivity index (χ4v) is 4.96. The third-order valence-corrected chi connectivity index (χ3v) is 7.43. The van der Waals surface area contributed by atoms with Crippen LogP contribution in [0.3, 0.4) is 0 Å². The first-order valence-electron chi connectivity index (χ1n) is 10.9. The zero-order valence-electron chi connectivity index (χ0n) is 19.4. The minimum Gasteiger partial charge on any atom is -0.439 e. The highest BCUT2D eigenvalue weighted by molar-refractivity contribution is 7.89. The summed E-state index contributed by atoms with van der Waals surface area (Å²) in [6.07, 6.45) is -4.55. The van der Waals surface area contributed by atoms with Gasteiger partial charge in [0, 0.05) is 46.3 Å². The van der Waals surface area contributed by atoms with Crippen molar-refractivity contribution >= 4 is 21.8 Å². The van der Waals surface area contributed by atoms with E-state index in [1.165, 1.54) is 28.6 Å². The molecule has 0 unspecified atom stereocenters. The molecule has 0 N–H and O–H groups in total. The van der Waals surface area contributed by atoms with E-state index in [1.807, 2.05) is 0 Å². The first-order chi connectivity index (χ1) is 16.9. The molecule has 13 heteroatoms. The predicted molar refractivity (Wildman–Crippen MR) is 125 cm³/mol. The molecule has 0 bridgehead atoms. The topological polar surface area (TPSA) is 78.9 Å². The van der Waals surface area contributed by atoms with Crippen molar-refractivity contribution in [3.63, 3.8) is 0 Å². The molecule has 0 radical (unpaired) electrons. The van der Waals surface area contributed by atoms with Crippen molar-refractivity contribution in [3.05, 3.63) is 66.0 Å². The lowest BCUT2D eigenvalue weighted by Gasteiger charge is -2.34. The average Bonchev–Trinajstić information content (AvgIpc) is 2.85. The van der Waals surface area contributed by atoms with Crippen LogP contribution in [0.25, 0.3) is 0 Å². The van der Waals surface area contributed by atoms with Gasteiger partial charge in [-0.3, -0.25) is 0 Å². The van der Waals surface area contributed by atoms with Crippen molar-refractivity contribution in [2.45, 2.75) is 11.1 Å². The fraction of sp³-hybridized carbons (Fsp3) is 0.304. The zero-order chi connectivity index (χ0) is 26.1. The molecule has 1 aromatic heterocycles. The Morgan fingerprint density at radius 3 is 2.08 bits per heavy atom. The first kappa shape index (κ1) is 25.6. The number of nitrogens with zero attached hydrogens (tertiary/aromatic N) is 5. The number of anilines is 2.